The predicted molar refractivity (Wildman–Crippen MR) is 126 cm³/mol. The first-order chi connectivity index (χ1) is 17.5. The minimum atomic E-state index is -0.538. The third-order valence-corrected chi connectivity index (χ3v) is 5.32. The molecule has 0 unspecified atom stereocenters. The molecule has 0 atom stereocenters. The van der Waals surface area contributed by atoms with Crippen LogP contribution < -0.4 is 20.5 Å². The molecule has 36 heavy (non-hydrogen) atoms. The first-order valence-corrected chi connectivity index (χ1v) is 10.7. The van der Waals surface area contributed by atoms with E-state index in [9.17, 15) is 14.0 Å². The van der Waals surface area contributed by atoms with Gasteiger partial charge in [0.1, 0.15) is 23.9 Å². The maximum absolute atomic E-state index is 13.6. The summed E-state index contributed by atoms with van der Waals surface area (Å²) < 4.78 is 31.7. The summed E-state index contributed by atoms with van der Waals surface area (Å²) in [5, 5.41) is 10.9. The van der Waals surface area contributed by atoms with E-state index >= 15 is 0 Å². The van der Waals surface area contributed by atoms with Crippen LogP contribution >= 0.6 is 0 Å². The summed E-state index contributed by atoms with van der Waals surface area (Å²) in [7, 11) is 2.98. The monoisotopic (exact) mass is 490 g/mol. The Morgan fingerprint density at radius 2 is 1.97 bits per heavy atom. The molecule has 0 bridgehead atoms. The Balaban J connectivity index is 1.44. The van der Waals surface area contributed by atoms with Crippen molar-refractivity contribution in [3.05, 3.63) is 77.1 Å². The van der Waals surface area contributed by atoms with Gasteiger partial charge >= 0.3 is 5.69 Å². The highest BCUT2D eigenvalue weighted by Crippen LogP contribution is 2.29. The van der Waals surface area contributed by atoms with Crippen LogP contribution in [-0.4, -0.2) is 44.4 Å². The van der Waals surface area contributed by atoms with Crippen molar-refractivity contribution in [2.45, 2.75) is 6.54 Å². The molecule has 0 spiro atoms. The number of hydrogen-bond donors (Lipinski definition) is 1. The number of methoxy groups -OCH3 is 2. The van der Waals surface area contributed by atoms with Crippen LogP contribution in [0.5, 0.6) is 11.5 Å². The fraction of sp³-hybridized carbons (Fsp3) is 0.125. The highest BCUT2D eigenvalue weighted by Gasteiger charge is 2.19. The molecule has 12 heteroatoms. The van der Waals surface area contributed by atoms with Gasteiger partial charge in [-0.1, -0.05) is 17.3 Å². The van der Waals surface area contributed by atoms with Gasteiger partial charge in [-0.2, -0.15) is 4.98 Å². The molecule has 11 nitrogen and oxygen atoms in total. The lowest BCUT2D eigenvalue weighted by Gasteiger charge is -2.11. The lowest BCUT2D eigenvalue weighted by Crippen LogP contribution is -2.28. The van der Waals surface area contributed by atoms with E-state index in [0.717, 1.165) is 4.68 Å². The van der Waals surface area contributed by atoms with Crippen molar-refractivity contribution >= 4 is 17.2 Å². The van der Waals surface area contributed by atoms with Gasteiger partial charge in [0, 0.05) is 17.8 Å². The SMILES string of the molecule is COc1ccc(OC)c(NC(=O)Cn2nc3c(-c4nc(-c5cccc(F)c5)no4)cccn3c2=O)c1. The van der Waals surface area contributed by atoms with Gasteiger partial charge in [-0.3, -0.25) is 4.79 Å². The molecule has 1 N–H and O–H groups in total. The van der Waals surface area contributed by atoms with Gasteiger partial charge < -0.3 is 19.3 Å². The molecule has 2 aromatic carbocycles. The standard InChI is InChI=1S/C24H19FN6O5/c1-34-16-8-9-19(35-2)18(12-16)26-20(32)13-31-24(33)30-10-4-7-17(22(30)28-31)23-27-21(29-36-23)14-5-3-6-15(25)11-14/h3-12H,13H2,1-2H3,(H,26,32). The Bertz CT molecular complexity index is 1640. The molecule has 5 rings (SSSR count). The fourth-order valence-corrected chi connectivity index (χ4v) is 3.62. The molecule has 5 aromatic rings. The van der Waals surface area contributed by atoms with Crippen molar-refractivity contribution in [2.24, 2.45) is 0 Å². The molecule has 3 aromatic heterocycles. The summed E-state index contributed by atoms with van der Waals surface area (Å²) in [6.45, 7) is -0.362. The highest BCUT2D eigenvalue weighted by molar-refractivity contribution is 5.92. The van der Waals surface area contributed by atoms with Gasteiger partial charge in [-0.15, -0.1) is 5.10 Å². The second-order valence-electron chi connectivity index (χ2n) is 7.60. The van der Waals surface area contributed by atoms with Gasteiger partial charge in [0.05, 0.1) is 25.5 Å². The molecular formula is C24H19FN6O5. The van der Waals surface area contributed by atoms with Crippen molar-refractivity contribution in [1.82, 2.24) is 24.3 Å². The smallest absolute Gasteiger partial charge is 0.350 e. The van der Waals surface area contributed by atoms with Crippen LogP contribution in [0.3, 0.4) is 0 Å². The zero-order valence-electron chi connectivity index (χ0n) is 19.1. The van der Waals surface area contributed by atoms with Gasteiger partial charge in [-0.05, 0) is 36.4 Å². The second-order valence-corrected chi connectivity index (χ2v) is 7.60. The number of amides is 1. The van der Waals surface area contributed by atoms with E-state index < -0.39 is 17.4 Å². The number of halogens is 1. The predicted octanol–water partition coefficient (Wildman–Crippen LogP) is 3.01. The Kier molecular flexibility index (Phi) is 5.90. The summed E-state index contributed by atoms with van der Waals surface area (Å²) in [6, 6.07) is 14.0. The second kappa shape index (κ2) is 9.33. The topological polar surface area (TPSA) is 126 Å². The van der Waals surface area contributed by atoms with E-state index in [1.54, 1.807) is 36.4 Å². The van der Waals surface area contributed by atoms with E-state index in [4.69, 9.17) is 14.0 Å². The molecule has 182 valence electrons. The zero-order chi connectivity index (χ0) is 25.2. The molecule has 0 radical (unpaired) electrons. The first kappa shape index (κ1) is 22.8. The summed E-state index contributed by atoms with van der Waals surface area (Å²) >= 11 is 0. The van der Waals surface area contributed by atoms with E-state index in [2.05, 4.69) is 20.6 Å². The van der Waals surface area contributed by atoms with Crippen LogP contribution in [0.2, 0.25) is 0 Å². The number of ether oxygens (including phenoxy) is 2. The number of benzene rings is 2. The molecule has 0 saturated carbocycles. The summed E-state index contributed by atoms with van der Waals surface area (Å²) in [5.41, 5.74) is 0.867. The lowest BCUT2D eigenvalue weighted by atomic mass is 10.2. The molecule has 0 aliphatic heterocycles. The lowest BCUT2D eigenvalue weighted by molar-refractivity contribution is -0.117. The van der Waals surface area contributed by atoms with Crippen molar-refractivity contribution in [1.29, 1.82) is 0 Å². The summed E-state index contributed by atoms with van der Waals surface area (Å²) in [6.07, 6.45) is 1.51. The van der Waals surface area contributed by atoms with E-state index in [-0.39, 0.29) is 23.9 Å². The molecule has 1 amide bonds. The van der Waals surface area contributed by atoms with Gasteiger partial charge in [0.15, 0.2) is 5.65 Å². The number of nitrogens with one attached hydrogen (secondary N) is 1. The van der Waals surface area contributed by atoms with Crippen LogP contribution in [0.25, 0.3) is 28.5 Å². The molecule has 0 aliphatic carbocycles. The van der Waals surface area contributed by atoms with Gasteiger partial charge in [0.2, 0.25) is 11.7 Å². The van der Waals surface area contributed by atoms with Crippen LogP contribution in [0.4, 0.5) is 10.1 Å². The van der Waals surface area contributed by atoms with Crippen molar-refractivity contribution < 1.29 is 23.2 Å². The van der Waals surface area contributed by atoms with Crippen molar-refractivity contribution in [3.63, 3.8) is 0 Å². The molecule has 0 fully saturated rings. The van der Waals surface area contributed by atoms with E-state index in [0.29, 0.717) is 28.3 Å². The Hall–Kier alpha value is -5.00. The third-order valence-electron chi connectivity index (χ3n) is 5.32. The maximum Gasteiger partial charge on any atom is 0.350 e. The number of rotatable bonds is 7. The van der Waals surface area contributed by atoms with Crippen LogP contribution in [0.15, 0.2) is 70.1 Å². The maximum atomic E-state index is 13.6. The number of carbonyl (C=O) groups is 1. The van der Waals surface area contributed by atoms with Crippen LogP contribution in [-0.2, 0) is 11.3 Å². The molecular weight excluding hydrogens is 471 g/mol. The largest absolute Gasteiger partial charge is 0.497 e. The van der Waals surface area contributed by atoms with Crippen LogP contribution in [0, 0.1) is 5.82 Å². The fourth-order valence-electron chi connectivity index (χ4n) is 3.62. The van der Waals surface area contributed by atoms with Gasteiger partial charge in [-0.25, -0.2) is 18.3 Å². The average molecular weight is 490 g/mol. The normalized spacial score (nSPS) is 11.0. The van der Waals surface area contributed by atoms with Crippen molar-refractivity contribution in [3.8, 4) is 34.3 Å². The summed E-state index contributed by atoms with van der Waals surface area (Å²) in [4.78, 5) is 30.0. The Morgan fingerprint density at radius 3 is 2.75 bits per heavy atom. The van der Waals surface area contributed by atoms with Crippen LogP contribution in [0.1, 0.15) is 0 Å². The molecule has 3 heterocycles. The quantitative estimate of drug-likeness (QED) is 0.369. The Labute approximate surface area is 202 Å². The van der Waals surface area contributed by atoms with E-state index in [1.807, 2.05) is 0 Å². The number of fused-ring (bicyclic) bond motifs is 1. The molecule has 0 aliphatic rings. The van der Waals surface area contributed by atoms with E-state index in [1.165, 1.54) is 43.0 Å². The number of anilines is 1. The molecule has 0 saturated heterocycles. The van der Waals surface area contributed by atoms with Crippen molar-refractivity contribution in [2.75, 3.05) is 19.5 Å². The number of nitrogens with zero attached hydrogens (tertiary/aromatic N) is 5. The first-order valence-electron chi connectivity index (χ1n) is 10.7. The highest BCUT2D eigenvalue weighted by atomic mass is 19.1. The zero-order valence-corrected chi connectivity index (χ0v) is 19.1. The number of aromatic nitrogens is 5. The third kappa shape index (κ3) is 4.27. The minimum absolute atomic E-state index is 0.0857. The number of hydrogen-bond acceptors (Lipinski definition) is 8. The minimum Gasteiger partial charge on any atom is -0.497 e. The summed E-state index contributed by atoms with van der Waals surface area (Å²) in [5.74, 6) is 0.287. The number of carbonyl (C=O) groups excluding carboxylic acids is 1. The van der Waals surface area contributed by atoms with Gasteiger partial charge in [0.25, 0.3) is 5.89 Å². The average Bonchev–Trinajstić information content (AvgIpc) is 3.49. The number of pyridine rings is 1. The Morgan fingerprint density at radius 1 is 1.11 bits per heavy atom.